The largest absolute Gasteiger partial charge is 0.327 e. The molecule has 1 atom stereocenters. The number of rotatable bonds is 4. The van der Waals surface area contributed by atoms with E-state index < -0.39 is 5.67 Å². The van der Waals surface area contributed by atoms with Crippen molar-refractivity contribution in [3.05, 3.63) is 70.2 Å². The van der Waals surface area contributed by atoms with Gasteiger partial charge in [-0.1, -0.05) is 64.5 Å². The minimum atomic E-state index is -1.52. The number of benzene rings is 2. The highest BCUT2D eigenvalue weighted by Gasteiger charge is 2.31. The first-order chi connectivity index (χ1) is 8.65. The van der Waals surface area contributed by atoms with E-state index in [1.807, 2.05) is 42.5 Å². The van der Waals surface area contributed by atoms with Crippen LogP contribution >= 0.6 is 15.9 Å². The predicted molar refractivity (Wildman–Crippen MR) is 76.1 cm³/mol. The van der Waals surface area contributed by atoms with Crippen LogP contribution in [0.1, 0.15) is 11.1 Å². The second-order valence-corrected chi connectivity index (χ2v) is 5.16. The van der Waals surface area contributed by atoms with Crippen molar-refractivity contribution in [1.29, 1.82) is 0 Å². The molecule has 1 unspecified atom stereocenters. The monoisotopic (exact) mass is 307 g/mol. The lowest BCUT2D eigenvalue weighted by molar-refractivity contribution is 0.175. The fraction of sp³-hybridized carbons (Fsp3) is 0.200. The van der Waals surface area contributed by atoms with Crippen LogP contribution < -0.4 is 5.73 Å². The number of hydrogen-bond donors (Lipinski definition) is 1. The van der Waals surface area contributed by atoms with Gasteiger partial charge in [0.1, 0.15) is 0 Å². The molecule has 2 aromatic carbocycles. The maximum atomic E-state index is 15.0. The third-order valence-electron chi connectivity index (χ3n) is 3.04. The summed E-state index contributed by atoms with van der Waals surface area (Å²) in [6, 6.07) is 16.7. The van der Waals surface area contributed by atoms with E-state index in [4.69, 9.17) is 5.73 Å². The van der Waals surface area contributed by atoms with Gasteiger partial charge in [-0.05, 0) is 17.2 Å². The standard InChI is InChI=1S/C15H15BrFN/c16-14-9-5-4-6-12(14)10-15(17,11-18)13-7-2-1-3-8-13/h1-9H,10-11,18H2. The van der Waals surface area contributed by atoms with Gasteiger partial charge in [-0.15, -0.1) is 0 Å². The van der Waals surface area contributed by atoms with E-state index in [2.05, 4.69) is 15.9 Å². The Kier molecular flexibility index (Phi) is 4.15. The van der Waals surface area contributed by atoms with E-state index in [9.17, 15) is 4.39 Å². The number of halogens is 2. The molecule has 0 aliphatic carbocycles. The van der Waals surface area contributed by atoms with Gasteiger partial charge in [0, 0.05) is 17.4 Å². The van der Waals surface area contributed by atoms with Crippen molar-refractivity contribution >= 4 is 15.9 Å². The zero-order valence-corrected chi connectivity index (χ0v) is 11.5. The third kappa shape index (κ3) is 2.79. The molecule has 0 saturated heterocycles. The van der Waals surface area contributed by atoms with Crippen LogP contribution in [-0.2, 0) is 12.1 Å². The maximum Gasteiger partial charge on any atom is 0.152 e. The van der Waals surface area contributed by atoms with Crippen molar-refractivity contribution in [2.75, 3.05) is 6.54 Å². The van der Waals surface area contributed by atoms with Crippen LogP contribution in [0.4, 0.5) is 4.39 Å². The topological polar surface area (TPSA) is 26.0 Å². The first-order valence-electron chi connectivity index (χ1n) is 5.83. The molecule has 0 saturated carbocycles. The first kappa shape index (κ1) is 13.2. The van der Waals surface area contributed by atoms with Gasteiger partial charge in [0.2, 0.25) is 0 Å². The quantitative estimate of drug-likeness (QED) is 0.913. The molecule has 2 N–H and O–H groups in total. The lowest BCUT2D eigenvalue weighted by Crippen LogP contribution is -2.32. The van der Waals surface area contributed by atoms with Gasteiger partial charge in [-0.2, -0.15) is 0 Å². The van der Waals surface area contributed by atoms with Gasteiger partial charge in [0.15, 0.2) is 5.67 Å². The van der Waals surface area contributed by atoms with E-state index in [-0.39, 0.29) is 13.0 Å². The van der Waals surface area contributed by atoms with Crippen LogP contribution in [-0.4, -0.2) is 6.54 Å². The Morgan fingerprint density at radius 1 is 1.00 bits per heavy atom. The van der Waals surface area contributed by atoms with E-state index in [0.29, 0.717) is 5.56 Å². The number of hydrogen-bond acceptors (Lipinski definition) is 1. The minimum absolute atomic E-state index is 0.0294. The van der Waals surface area contributed by atoms with Gasteiger partial charge >= 0.3 is 0 Å². The van der Waals surface area contributed by atoms with Crippen molar-refractivity contribution in [2.24, 2.45) is 5.73 Å². The second kappa shape index (κ2) is 5.63. The van der Waals surface area contributed by atoms with Crippen LogP contribution in [0.25, 0.3) is 0 Å². The van der Waals surface area contributed by atoms with Crippen molar-refractivity contribution in [3.63, 3.8) is 0 Å². The summed E-state index contributed by atoms with van der Waals surface area (Å²) in [5.41, 5.74) is 5.68. The summed E-state index contributed by atoms with van der Waals surface area (Å²) in [5.74, 6) is 0. The minimum Gasteiger partial charge on any atom is -0.327 e. The predicted octanol–water partition coefficient (Wildman–Crippen LogP) is 3.82. The zero-order valence-electron chi connectivity index (χ0n) is 9.94. The van der Waals surface area contributed by atoms with Gasteiger partial charge in [-0.25, -0.2) is 4.39 Å². The molecule has 0 aliphatic heterocycles. The van der Waals surface area contributed by atoms with E-state index in [1.54, 1.807) is 12.1 Å². The molecule has 0 bridgehead atoms. The van der Waals surface area contributed by atoms with Crippen molar-refractivity contribution in [2.45, 2.75) is 12.1 Å². The molecule has 0 radical (unpaired) electrons. The number of alkyl halides is 1. The summed E-state index contributed by atoms with van der Waals surface area (Å²) in [7, 11) is 0. The molecule has 0 heterocycles. The SMILES string of the molecule is NCC(F)(Cc1ccccc1Br)c1ccccc1. The molecule has 0 spiro atoms. The van der Waals surface area contributed by atoms with Crippen LogP contribution in [0.15, 0.2) is 59.1 Å². The molecular weight excluding hydrogens is 293 g/mol. The fourth-order valence-corrected chi connectivity index (χ4v) is 2.40. The molecule has 2 aromatic rings. The zero-order chi connectivity index (χ0) is 13.0. The molecule has 18 heavy (non-hydrogen) atoms. The molecule has 0 fully saturated rings. The summed E-state index contributed by atoms with van der Waals surface area (Å²) in [5, 5.41) is 0. The maximum absolute atomic E-state index is 15.0. The van der Waals surface area contributed by atoms with E-state index >= 15 is 0 Å². The lowest BCUT2D eigenvalue weighted by atomic mass is 9.89. The Balaban J connectivity index is 2.32. The van der Waals surface area contributed by atoms with Gasteiger partial charge in [0.05, 0.1) is 0 Å². The van der Waals surface area contributed by atoms with E-state index in [1.165, 1.54) is 0 Å². The third-order valence-corrected chi connectivity index (χ3v) is 3.82. The summed E-state index contributed by atoms with van der Waals surface area (Å²) < 4.78 is 15.9. The van der Waals surface area contributed by atoms with Crippen molar-refractivity contribution in [1.82, 2.24) is 0 Å². The van der Waals surface area contributed by atoms with E-state index in [0.717, 1.165) is 10.0 Å². The molecule has 1 nitrogen and oxygen atoms in total. The normalized spacial score (nSPS) is 14.2. The summed E-state index contributed by atoms with van der Waals surface area (Å²) in [4.78, 5) is 0. The van der Waals surface area contributed by atoms with Gasteiger partial charge < -0.3 is 5.73 Å². The summed E-state index contributed by atoms with van der Waals surface area (Å²) >= 11 is 3.44. The Morgan fingerprint density at radius 2 is 1.61 bits per heavy atom. The highest BCUT2D eigenvalue weighted by atomic mass is 79.9. The smallest absolute Gasteiger partial charge is 0.152 e. The Hall–Kier alpha value is -1.19. The average Bonchev–Trinajstić information content (AvgIpc) is 2.42. The molecule has 0 aromatic heterocycles. The fourth-order valence-electron chi connectivity index (χ4n) is 1.97. The number of nitrogens with two attached hydrogens (primary N) is 1. The van der Waals surface area contributed by atoms with Crippen molar-refractivity contribution in [3.8, 4) is 0 Å². The molecule has 94 valence electrons. The molecule has 0 aliphatic rings. The molecular formula is C15H15BrFN. The van der Waals surface area contributed by atoms with Crippen LogP contribution in [0.5, 0.6) is 0 Å². The highest BCUT2D eigenvalue weighted by molar-refractivity contribution is 9.10. The van der Waals surface area contributed by atoms with Crippen LogP contribution in [0.2, 0.25) is 0 Å². The second-order valence-electron chi connectivity index (χ2n) is 4.30. The Labute approximate surface area is 115 Å². The first-order valence-corrected chi connectivity index (χ1v) is 6.63. The molecule has 3 heteroatoms. The molecule has 0 amide bonds. The van der Waals surface area contributed by atoms with Crippen LogP contribution in [0.3, 0.4) is 0 Å². The van der Waals surface area contributed by atoms with Gasteiger partial charge in [0.25, 0.3) is 0 Å². The summed E-state index contributed by atoms with van der Waals surface area (Å²) in [6.07, 6.45) is 0.273. The summed E-state index contributed by atoms with van der Waals surface area (Å²) in [6.45, 7) is -0.0294. The lowest BCUT2D eigenvalue weighted by Gasteiger charge is -2.24. The van der Waals surface area contributed by atoms with Gasteiger partial charge in [-0.3, -0.25) is 0 Å². The Bertz CT molecular complexity index is 515. The Morgan fingerprint density at radius 3 is 2.22 bits per heavy atom. The highest BCUT2D eigenvalue weighted by Crippen LogP contribution is 2.31. The van der Waals surface area contributed by atoms with Crippen molar-refractivity contribution < 1.29 is 4.39 Å². The average molecular weight is 308 g/mol. The molecule has 2 rings (SSSR count). The van der Waals surface area contributed by atoms with Crippen LogP contribution in [0, 0.1) is 0 Å².